The smallest absolute Gasteiger partial charge is 0.237 e. The lowest BCUT2D eigenvalue weighted by Crippen LogP contribution is -2.46. The standard InChI is InChI=1S/C10H20N2O2/c1-5-6-8(11)9(13)12-7-10(2,3)14-4/h5,8H,1,6-7,11H2,2-4H3,(H,12,13). The maximum Gasteiger partial charge on any atom is 0.237 e. The molecule has 0 rings (SSSR count). The molecule has 0 aromatic rings. The number of hydrogen-bond donors (Lipinski definition) is 2. The van der Waals surface area contributed by atoms with E-state index in [2.05, 4.69) is 11.9 Å². The first-order valence-electron chi connectivity index (χ1n) is 4.62. The van der Waals surface area contributed by atoms with Crippen molar-refractivity contribution in [2.45, 2.75) is 31.9 Å². The molecule has 4 heteroatoms. The van der Waals surface area contributed by atoms with E-state index in [0.29, 0.717) is 13.0 Å². The molecular weight excluding hydrogens is 180 g/mol. The molecule has 0 aromatic heterocycles. The van der Waals surface area contributed by atoms with Gasteiger partial charge in [0.25, 0.3) is 0 Å². The van der Waals surface area contributed by atoms with Crippen molar-refractivity contribution in [3.63, 3.8) is 0 Å². The lowest BCUT2D eigenvalue weighted by Gasteiger charge is -2.23. The molecule has 1 amide bonds. The molecule has 0 fully saturated rings. The van der Waals surface area contributed by atoms with Gasteiger partial charge in [-0.15, -0.1) is 6.58 Å². The Morgan fingerprint density at radius 2 is 2.29 bits per heavy atom. The molecule has 0 aliphatic heterocycles. The number of hydrogen-bond acceptors (Lipinski definition) is 3. The second-order valence-electron chi connectivity index (χ2n) is 3.81. The molecule has 0 aliphatic carbocycles. The van der Waals surface area contributed by atoms with Crippen molar-refractivity contribution in [3.05, 3.63) is 12.7 Å². The fourth-order valence-corrected chi connectivity index (χ4v) is 0.790. The highest BCUT2D eigenvalue weighted by molar-refractivity contribution is 5.81. The summed E-state index contributed by atoms with van der Waals surface area (Å²) >= 11 is 0. The number of methoxy groups -OCH3 is 1. The van der Waals surface area contributed by atoms with Crippen molar-refractivity contribution in [3.8, 4) is 0 Å². The molecule has 0 saturated carbocycles. The van der Waals surface area contributed by atoms with Crippen LogP contribution in [0.2, 0.25) is 0 Å². The van der Waals surface area contributed by atoms with Gasteiger partial charge in [-0.2, -0.15) is 0 Å². The molecule has 0 saturated heterocycles. The first kappa shape index (κ1) is 13.1. The molecule has 14 heavy (non-hydrogen) atoms. The summed E-state index contributed by atoms with van der Waals surface area (Å²) in [7, 11) is 1.61. The molecule has 0 aromatic carbocycles. The molecule has 4 nitrogen and oxygen atoms in total. The van der Waals surface area contributed by atoms with Crippen LogP contribution in [0, 0.1) is 0 Å². The van der Waals surface area contributed by atoms with Crippen molar-refractivity contribution in [2.75, 3.05) is 13.7 Å². The van der Waals surface area contributed by atoms with Crippen molar-refractivity contribution in [2.24, 2.45) is 5.73 Å². The van der Waals surface area contributed by atoms with Gasteiger partial charge in [-0.3, -0.25) is 4.79 Å². The number of nitrogens with two attached hydrogens (primary N) is 1. The van der Waals surface area contributed by atoms with E-state index in [1.807, 2.05) is 13.8 Å². The van der Waals surface area contributed by atoms with Gasteiger partial charge in [0.05, 0.1) is 11.6 Å². The van der Waals surface area contributed by atoms with Crippen LogP contribution in [0.15, 0.2) is 12.7 Å². The summed E-state index contributed by atoms with van der Waals surface area (Å²) in [5.74, 6) is -0.171. The van der Waals surface area contributed by atoms with E-state index >= 15 is 0 Å². The van der Waals surface area contributed by atoms with Crippen LogP contribution in [-0.2, 0) is 9.53 Å². The maximum absolute atomic E-state index is 11.4. The normalized spacial score (nSPS) is 13.4. The Morgan fingerprint density at radius 1 is 1.71 bits per heavy atom. The minimum atomic E-state index is -0.514. The maximum atomic E-state index is 11.4. The molecular formula is C10H20N2O2. The highest BCUT2D eigenvalue weighted by atomic mass is 16.5. The van der Waals surface area contributed by atoms with Gasteiger partial charge in [0, 0.05) is 13.7 Å². The number of carbonyl (C=O) groups excluding carboxylic acids is 1. The van der Waals surface area contributed by atoms with Gasteiger partial charge < -0.3 is 15.8 Å². The molecule has 0 aliphatic rings. The van der Waals surface area contributed by atoms with Crippen molar-refractivity contribution in [1.82, 2.24) is 5.32 Å². The fraction of sp³-hybridized carbons (Fsp3) is 0.700. The van der Waals surface area contributed by atoms with Crippen LogP contribution in [0.1, 0.15) is 20.3 Å². The van der Waals surface area contributed by atoms with Crippen molar-refractivity contribution >= 4 is 5.91 Å². The van der Waals surface area contributed by atoms with E-state index in [-0.39, 0.29) is 11.5 Å². The predicted molar refractivity (Wildman–Crippen MR) is 56.9 cm³/mol. The summed E-state index contributed by atoms with van der Waals surface area (Å²) in [6.45, 7) is 7.77. The highest BCUT2D eigenvalue weighted by Crippen LogP contribution is 2.04. The van der Waals surface area contributed by atoms with Crippen LogP contribution in [0.5, 0.6) is 0 Å². The summed E-state index contributed by atoms with van der Waals surface area (Å²) < 4.78 is 5.15. The Hall–Kier alpha value is -0.870. The Morgan fingerprint density at radius 3 is 2.71 bits per heavy atom. The monoisotopic (exact) mass is 200 g/mol. The lowest BCUT2D eigenvalue weighted by atomic mass is 10.1. The zero-order valence-electron chi connectivity index (χ0n) is 9.17. The number of nitrogens with one attached hydrogen (secondary N) is 1. The van der Waals surface area contributed by atoms with E-state index in [1.165, 1.54) is 0 Å². The molecule has 0 radical (unpaired) electrons. The Bertz CT molecular complexity index is 202. The summed E-state index contributed by atoms with van der Waals surface area (Å²) in [5.41, 5.74) is 5.22. The van der Waals surface area contributed by atoms with Gasteiger partial charge in [0.15, 0.2) is 0 Å². The van der Waals surface area contributed by atoms with E-state index in [4.69, 9.17) is 10.5 Å². The minimum Gasteiger partial charge on any atom is -0.377 e. The van der Waals surface area contributed by atoms with Gasteiger partial charge >= 0.3 is 0 Å². The van der Waals surface area contributed by atoms with Crippen molar-refractivity contribution < 1.29 is 9.53 Å². The second kappa shape index (κ2) is 5.78. The fourth-order valence-electron chi connectivity index (χ4n) is 0.790. The third-order valence-electron chi connectivity index (χ3n) is 2.00. The highest BCUT2D eigenvalue weighted by Gasteiger charge is 2.19. The minimum absolute atomic E-state index is 0.171. The van der Waals surface area contributed by atoms with Crippen LogP contribution in [0.25, 0.3) is 0 Å². The zero-order chi connectivity index (χ0) is 11.2. The number of carbonyl (C=O) groups is 1. The first-order valence-corrected chi connectivity index (χ1v) is 4.62. The zero-order valence-corrected chi connectivity index (χ0v) is 9.17. The number of rotatable bonds is 6. The third-order valence-corrected chi connectivity index (χ3v) is 2.00. The Labute approximate surface area is 85.5 Å². The Kier molecular flexibility index (Phi) is 5.42. The summed E-state index contributed by atoms with van der Waals surface area (Å²) in [6, 6.07) is -0.514. The molecule has 82 valence electrons. The number of amides is 1. The molecule has 3 N–H and O–H groups in total. The number of ether oxygens (including phenoxy) is 1. The van der Waals surface area contributed by atoms with Crippen LogP contribution in [0.3, 0.4) is 0 Å². The Balaban J connectivity index is 3.90. The van der Waals surface area contributed by atoms with E-state index in [0.717, 1.165) is 0 Å². The molecule has 1 unspecified atom stereocenters. The summed E-state index contributed by atoms with van der Waals surface area (Å²) in [5, 5.41) is 2.72. The molecule has 1 atom stereocenters. The van der Waals surface area contributed by atoms with Crippen LogP contribution in [-0.4, -0.2) is 31.2 Å². The SMILES string of the molecule is C=CCC(N)C(=O)NCC(C)(C)OC. The van der Waals surface area contributed by atoms with E-state index < -0.39 is 6.04 Å². The van der Waals surface area contributed by atoms with Crippen LogP contribution < -0.4 is 11.1 Å². The van der Waals surface area contributed by atoms with Crippen LogP contribution in [0.4, 0.5) is 0 Å². The third kappa shape index (κ3) is 4.99. The topological polar surface area (TPSA) is 64.4 Å². The second-order valence-corrected chi connectivity index (χ2v) is 3.81. The van der Waals surface area contributed by atoms with Gasteiger partial charge in [0.2, 0.25) is 5.91 Å². The van der Waals surface area contributed by atoms with Gasteiger partial charge in [-0.25, -0.2) is 0 Å². The van der Waals surface area contributed by atoms with E-state index in [9.17, 15) is 4.79 Å². The predicted octanol–water partition coefficient (Wildman–Crippen LogP) is 0.431. The average molecular weight is 200 g/mol. The largest absolute Gasteiger partial charge is 0.377 e. The van der Waals surface area contributed by atoms with Crippen molar-refractivity contribution in [1.29, 1.82) is 0 Å². The van der Waals surface area contributed by atoms with Gasteiger partial charge in [-0.05, 0) is 20.3 Å². The molecule has 0 bridgehead atoms. The summed E-state index contributed by atoms with van der Waals surface area (Å²) in [4.78, 5) is 11.4. The van der Waals surface area contributed by atoms with E-state index in [1.54, 1.807) is 13.2 Å². The van der Waals surface area contributed by atoms with Gasteiger partial charge in [-0.1, -0.05) is 6.08 Å². The van der Waals surface area contributed by atoms with Crippen LogP contribution >= 0.6 is 0 Å². The molecule has 0 heterocycles. The summed E-state index contributed by atoms with van der Waals surface area (Å²) in [6.07, 6.45) is 2.12. The first-order chi connectivity index (χ1) is 6.43. The van der Waals surface area contributed by atoms with Gasteiger partial charge in [0.1, 0.15) is 0 Å². The lowest BCUT2D eigenvalue weighted by molar-refractivity contribution is -0.123. The molecule has 0 spiro atoms. The average Bonchev–Trinajstić information content (AvgIpc) is 2.15. The quantitative estimate of drug-likeness (QED) is 0.611.